The summed E-state index contributed by atoms with van der Waals surface area (Å²) < 4.78 is 0. The lowest BCUT2D eigenvalue weighted by molar-refractivity contribution is 0.810. The zero-order valence-electron chi connectivity index (χ0n) is 13.0. The third-order valence-corrected chi connectivity index (χ3v) is 3.44. The van der Waals surface area contributed by atoms with Crippen LogP contribution in [0, 0.1) is 0 Å². The molecule has 0 heterocycles. The highest BCUT2D eigenvalue weighted by Crippen LogP contribution is 2.17. The molecule has 0 aliphatic rings. The van der Waals surface area contributed by atoms with Gasteiger partial charge in [0.05, 0.1) is 6.54 Å². The molecule has 2 radical (unpaired) electrons. The van der Waals surface area contributed by atoms with Gasteiger partial charge in [0, 0.05) is 17.9 Å². The average Bonchev–Trinajstić information content (AvgIpc) is 2.54. The van der Waals surface area contributed by atoms with E-state index in [9.17, 15) is 0 Å². The first kappa shape index (κ1) is 16.0. The summed E-state index contributed by atoms with van der Waals surface area (Å²) in [5.74, 6) is 0. The van der Waals surface area contributed by atoms with E-state index in [1.807, 2.05) is 31.2 Å². The van der Waals surface area contributed by atoms with Gasteiger partial charge in [-0.3, -0.25) is 0 Å². The van der Waals surface area contributed by atoms with Crippen LogP contribution in [-0.2, 0) is 6.54 Å². The molecule has 0 aliphatic heterocycles. The summed E-state index contributed by atoms with van der Waals surface area (Å²) in [6, 6.07) is 18.4. The van der Waals surface area contributed by atoms with Crippen LogP contribution in [0.1, 0.15) is 12.5 Å². The van der Waals surface area contributed by atoms with E-state index in [4.69, 9.17) is 7.85 Å². The monoisotopic (exact) mass is 288 g/mol. The Bertz CT molecular complexity index is 635. The largest absolute Gasteiger partial charge is 0.364 e. The summed E-state index contributed by atoms with van der Waals surface area (Å²) in [5.41, 5.74) is 4.27. The molecular weight excluding hydrogens is 267 g/mol. The first-order valence-corrected chi connectivity index (χ1v) is 7.40. The fourth-order valence-electron chi connectivity index (χ4n) is 2.35. The van der Waals surface area contributed by atoms with Crippen molar-refractivity contribution < 1.29 is 0 Å². The number of anilines is 1. The van der Waals surface area contributed by atoms with Gasteiger partial charge in [-0.1, -0.05) is 60.6 Å². The Labute approximate surface area is 134 Å². The maximum atomic E-state index is 5.89. The molecular formula is C19H21BN2. The van der Waals surface area contributed by atoms with Crippen molar-refractivity contribution >= 4 is 19.0 Å². The van der Waals surface area contributed by atoms with Crippen molar-refractivity contribution in [1.29, 1.82) is 0 Å². The summed E-state index contributed by atoms with van der Waals surface area (Å²) in [7, 11) is 5.89. The van der Waals surface area contributed by atoms with Gasteiger partial charge in [0.15, 0.2) is 0 Å². The Kier molecular flexibility index (Phi) is 5.90. The van der Waals surface area contributed by atoms with Gasteiger partial charge < -0.3 is 10.2 Å². The highest BCUT2D eigenvalue weighted by atomic mass is 15.1. The number of allylic oxidation sites excluding steroid dienone is 1. The van der Waals surface area contributed by atoms with Crippen molar-refractivity contribution in [3.05, 3.63) is 84.7 Å². The van der Waals surface area contributed by atoms with Crippen LogP contribution in [0.15, 0.2) is 79.1 Å². The van der Waals surface area contributed by atoms with E-state index in [2.05, 4.69) is 53.2 Å². The highest BCUT2D eigenvalue weighted by Gasteiger charge is 2.09. The fraction of sp³-hybridized carbons (Fsp3) is 0.158. The van der Waals surface area contributed by atoms with Gasteiger partial charge in [-0.05, 0) is 30.8 Å². The fourth-order valence-corrected chi connectivity index (χ4v) is 2.35. The van der Waals surface area contributed by atoms with Crippen LogP contribution < -0.4 is 15.7 Å². The van der Waals surface area contributed by atoms with Gasteiger partial charge in [0.2, 0.25) is 0 Å². The van der Waals surface area contributed by atoms with Crippen LogP contribution >= 0.6 is 0 Å². The number of para-hydroxylation sites is 1. The molecule has 0 atom stereocenters. The van der Waals surface area contributed by atoms with E-state index in [0.29, 0.717) is 0 Å². The van der Waals surface area contributed by atoms with Gasteiger partial charge in [0.1, 0.15) is 7.85 Å². The smallest absolute Gasteiger partial charge is 0.113 e. The van der Waals surface area contributed by atoms with E-state index >= 15 is 0 Å². The SMILES string of the molecule is [B]c1cccc(CN(C/C(=C/C)NC=C)c2ccccc2)c1. The highest BCUT2D eigenvalue weighted by molar-refractivity contribution is 6.32. The molecule has 0 fully saturated rings. The second-order valence-electron chi connectivity index (χ2n) is 5.10. The van der Waals surface area contributed by atoms with E-state index in [1.54, 1.807) is 6.20 Å². The third-order valence-electron chi connectivity index (χ3n) is 3.44. The minimum Gasteiger partial charge on any atom is -0.364 e. The predicted octanol–water partition coefficient (Wildman–Crippen LogP) is 3.12. The predicted molar refractivity (Wildman–Crippen MR) is 96.4 cm³/mol. The Balaban J connectivity index is 2.23. The molecule has 0 spiro atoms. The van der Waals surface area contributed by atoms with Gasteiger partial charge in [0.25, 0.3) is 0 Å². The van der Waals surface area contributed by atoms with E-state index in [1.165, 1.54) is 11.3 Å². The molecule has 0 aromatic heterocycles. The Morgan fingerprint density at radius 3 is 2.59 bits per heavy atom. The van der Waals surface area contributed by atoms with Gasteiger partial charge >= 0.3 is 0 Å². The van der Waals surface area contributed by atoms with Crippen LogP contribution in [0.2, 0.25) is 0 Å². The average molecular weight is 288 g/mol. The number of benzene rings is 2. The summed E-state index contributed by atoms with van der Waals surface area (Å²) in [5, 5.41) is 3.19. The molecule has 0 aliphatic carbocycles. The van der Waals surface area contributed by atoms with Gasteiger partial charge in [-0.2, -0.15) is 0 Å². The zero-order valence-corrected chi connectivity index (χ0v) is 13.0. The van der Waals surface area contributed by atoms with Crippen molar-refractivity contribution in [1.82, 2.24) is 5.32 Å². The second kappa shape index (κ2) is 8.13. The molecule has 2 aromatic rings. The first-order chi connectivity index (χ1) is 10.7. The number of rotatable bonds is 7. The lowest BCUT2D eigenvalue weighted by Crippen LogP contribution is -2.29. The van der Waals surface area contributed by atoms with Crippen LogP contribution in [0.5, 0.6) is 0 Å². The van der Waals surface area contributed by atoms with Gasteiger partial charge in [-0.25, -0.2) is 0 Å². The molecule has 1 N–H and O–H groups in total. The summed E-state index contributed by atoms with van der Waals surface area (Å²) >= 11 is 0. The Morgan fingerprint density at radius 1 is 1.18 bits per heavy atom. The zero-order chi connectivity index (χ0) is 15.8. The second-order valence-corrected chi connectivity index (χ2v) is 5.10. The molecule has 22 heavy (non-hydrogen) atoms. The van der Waals surface area contributed by atoms with Crippen molar-refractivity contribution in [2.75, 3.05) is 11.4 Å². The quantitative estimate of drug-likeness (QED) is 0.787. The molecule has 3 heteroatoms. The van der Waals surface area contributed by atoms with Crippen molar-refractivity contribution in [3.8, 4) is 0 Å². The molecule has 0 saturated carbocycles. The summed E-state index contributed by atoms with van der Waals surface area (Å²) in [4.78, 5) is 2.31. The molecule has 2 aromatic carbocycles. The number of hydrogen-bond donors (Lipinski definition) is 1. The first-order valence-electron chi connectivity index (χ1n) is 7.40. The number of hydrogen-bond acceptors (Lipinski definition) is 2. The van der Waals surface area contributed by atoms with Crippen molar-refractivity contribution in [2.24, 2.45) is 0 Å². The van der Waals surface area contributed by atoms with E-state index in [-0.39, 0.29) is 0 Å². The van der Waals surface area contributed by atoms with Crippen LogP contribution in [0.4, 0.5) is 5.69 Å². The lowest BCUT2D eigenvalue weighted by Gasteiger charge is -2.26. The number of nitrogens with zero attached hydrogens (tertiary/aromatic N) is 1. The number of nitrogens with one attached hydrogen (secondary N) is 1. The van der Waals surface area contributed by atoms with Crippen LogP contribution in [0.3, 0.4) is 0 Å². The van der Waals surface area contributed by atoms with Crippen LogP contribution in [-0.4, -0.2) is 14.4 Å². The third kappa shape index (κ3) is 4.56. The van der Waals surface area contributed by atoms with Crippen molar-refractivity contribution in [2.45, 2.75) is 13.5 Å². The topological polar surface area (TPSA) is 15.3 Å². The molecule has 0 saturated heterocycles. The molecule has 2 nitrogen and oxygen atoms in total. The Hall–Kier alpha value is -2.42. The van der Waals surface area contributed by atoms with E-state index in [0.717, 1.165) is 24.2 Å². The van der Waals surface area contributed by atoms with Gasteiger partial charge in [-0.15, -0.1) is 0 Å². The van der Waals surface area contributed by atoms with E-state index < -0.39 is 0 Å². The molecule has 0 bridgehead atoms. The maximum absolute atomic E-state index is 5.89. The lowest BCUT2D eigenvalue weighted by atomic mass is 9.94. The minimum atomic E-state index is 0.779. The molecule has 110 valence electrons. The maximum Gasteiger partial charge on any atom is 0.113 e. The molecule has 0 unspecified atom stereocenters. The van der Waals surface area contributed by atoms with Crippen LogP contribution in [0.25, 0.3) is 0 Å². The normalized spacial score (nSPS) is 11.0. The Morgan fingerprint density at radius 2 is 1.95 bits per heavy atom. The summed E-state index contributed by atoms with van der Waals surface area (Å²) in [6.45, 7) is 7.34. The summed E-state index contributed by atoms with van der Waals surface area (Å²) in [6.07, 6.45) is 3.77. The molecule has 2 rings (SSSR count). The standard InChI is InChI=1S/C19H21BN2/c1-3-18(21-4-2)15-22(19-11-6-5-7-12-19)14-16-9-8-10-17(20)13-16/h3-13,21H,2,14-15H2,1H3/b18-3-. The molecule has 0 amide bonds. The van der Waals surface area contributed by atoms with Crippen molar-refractivity contribution in [3.63, 3.8) is 0 Å². The minimum absolute atomic E-state index is 0.779.